The lowest BCUT2D eigenvalue weighted by Crippen LogP contribution is -2.49. The molecule has 0 radical (unpaired) electrons. The average Bonchev–Trinajstić information content (AvgIpc) is 2.81. The number of benzene rings is 1. The Hall–Kier alpha value is -2.54. The highest BCUT2D eigenvalue weighted by molar-refractivity contribution is 6.01. The number of allylic oxidation sites excluding steroid dienone is 1. The van der Waals surface area contributed by atoms with Crippen LogP contribution < -0.4 is 5.32 Å². The second-order valence-electron chi connectivity index (χ2n) is 7.45. The van der Waals surface area contributed by atoms with Crippen molar-refractivity contribution in [3.8, 4) is 11.8 Å². The number of fused-ring (bicyclic) bond motifs is 1. The highest BCUT2D eigenvalue weighted by atomic mass is 16.2. The van der Waals surface area contributed by atoms with Gasteiger partial charge in [-0.2, -0.15) is 0 Å². The summed E-state index contributed by atoms with van der Waals surface area (Å²) in [6, 6.07) is 5.25. The van der Waals surface area contributed by atoms with Gasteiger partial charge in [-0.05, 0) is 57.4 Å². The van der Waals surface area contributed by atoms with Crippen LogP contribution in [0.2, 0.25) is 0 Å². The van der Waals surface area contributed by atoms with Crippen LogP contribution in [0.5, 0.6) is 0 Å². The molecular formula is C20H22N2O2. The lowest BCUT2D eigenvalue weighted by atomic mass is 9.97. The molecule has 1 unspecified atom stereocenters. The minimum atomic E-state index is -0.417. The Bertz CT molecular complexity index is 790. The van der Waals surface area contributed by atoms with E-state index in [0.29, 0.717) is 24.9 Å². The molecule has 24 heavy (non-hydrogen) atoms. The van der Waals surface area contributed by atoms with Gasteiger partial charge in [-0.25, -0.2) is 0 Å². The van der Waals surface area contributed by atoms with E-state index in [2.05, 4.69) is 44.5 Å². The van der Waals surface area contributed by atoms with Crippen LogP contribution in [0, 0.1) is 17.3 Å². The molecule has 0 saturated carbocycles. The second kappa shape index (κ2) is 5.83. The fourth-order valence-corrected chi connectivity index (χ4v) is 2.99. The largest absolute Gasteiger partial charge is 0.329 e. The molecule has 0 aromatic heterocycles. The molecule has 2 heterocycles. The van der Waals surface area contributed by atoms with Gasteiger partial charge in [-0.15, -0.1) is 0 Å². The monoisotopic (exact) mass is 322 g/mol. The molecule has 4 nitrogen and oxygen atoms in total. The van der Waals surface area contributed by atoms with Crippen molar-refractivity contribution in [3.63, 3.8) is 0 Å². The van der Waals surface area contributed by atoms with E-state index in [1.807, 2.05) is 18.2 Å². The topological polar surface area (TPSA) is 49.4 Å². The Labute approximate surface area is 142 Å². The van der Waals surface area contributed by atoms with E-state index in [1.165, 1.54) is 0 Å². The zero-order valence-electron chi connectivity index (χ0n) is 14.4. The quantitative estimate of drug-likeness (QED) is 0.808. The Morgan fingerprint density at radius 1 is 1.29 bits per heavy atom. The first-order chi connectivity index (χ1) is 11.2. The van der Waals surface area contributed by atoms with Gasteiger partial charge >= 0.3 is 0 Å². The van der Waals surface area contributed by atoms with Gasteiger partial charge in [-0.3, -0.25) is 9.59 Å². The maximum atomic E-state index is 12.6. The zero-order chi connectivity index (χ0) is 17.5. The summed E-state index contributed by atoms with van der Waals surface area (Å²) in [5.74, 6) is 6.16. The van der Waals surface area contributed by atoms with Gasteiger partial charge in [0, 0.05) is 28.8 Å². The van der Waals surface area contributed by atoms with Crippen molar-refractivity contribution in [2.45, 2.75) is 46.2 Å². The zero-order valence-corrected chi connectivity index (χ0v) is 14.4. The number of amides is 2. The van der Waals surface area contributed by atoms with E-state index >= 15 is 0 Å². The van der Waals surface area contributed by atoms with E-state index in [1.54, 1.807) is 4.90 Å². The van der Waals surface area contributed by atoms with Gasteiger partial charge in [0.1, 0.15) is 6.04 Å². The number of hydrogen-bond acceptors (Lipinski definition) is 2. The van der Waals surface area contributed by atoms with Crippen molar-refractivity contribution in [2.75, 3.05) is 0 Å². The lowest BCUT2D eigenvalue weighted by Gasteiger charge is -2.30. The van der Waals surface area contributed by atoms with E-state index < -0.39 is 6.04 Å². The Kier molecular flexibility index (Phi) is 3.96. The van der Waals surface area contributed by atoms with Crippen molar-refractivity contribution in [1.82, 2.24) is 10.2 Å². The number of nitrogens with zero attached hydrogens (tertiary/aromatic N) is 1. The van der Waals surface area contributed by atoms with E-state index in [4.69, 9.17) is 0 Å². The summed E-state index contributed by atoms with van der Waals surface area (Å²) in [4.78, 5) is 26.5. The standard InChI is InChI=1S/C20H22N2O2/c1-13-5-8-17(18(23)21-13)22-12-15-11-14(9-10-20(2,3)4)6-7-16(15)19(22)24/h6-7,11,17H,1,5,8,12H2,2-4H3,(H,21,23). The molecule has 3 rings (SSSR count). The molecule has 4 heteroatoms. The molecule has 0 spiro atoms. The molecule has 2 amide bonds. The van der Waals surface area contributed by atoms with Gasteiger partial charge in [-0.1, -0.05) is 18.4 Å². The summed E-state index contributed by atoms with van der Waals surface area (Å²) in [6.45, 7) is 10.4. The van der Waals surface area contributed by atoms with Crippen LogP contribution in [-0.4, -0.2) is 22.8 Å². The predicted octanol–water partition coefficient (Wildman–Crippen LogP) is 2.83. The normalized spacial score (nSPS) is 20.4. The number of piperidine rings is 1. The maximum absolute atomic E-state index is 12.6. The molecule has 1 N–H and O–H groups in total. The smallest absolute Gasteiger partial charge is 0.255 e. The molecule has 1 aromatic carbocycles. The molecule has 1 aromatic rings. The second-order valence-corrected chi connectivity index (χ2v) is 7.45. The SMILES string of the molecule is C=C1CCC(N2Cc3cc(C#CC(C)(C)C)ccc3C2=O)C(=O)N1. The molecule has 0 aliphatic carbocycles. The van der Waals surface area contributed by atoms with Crippen molar-refractivity contribution in [3.05, 3.63) is 47.2 Å². The fourth-order valence-electron chi connectivity index (χ4n) is 2.99. The molecular weight excluding hydrogens is 300 g/mol. The van der Waals surface area contributed by atoms with Crippen LogP contribution in [0.25, 0.3) is 0 Å². The fraction of sp³-hybridized carbons (Fsp3) is 0.400. The van der Waals surface area contributed by atoms with Gasteiger partial charge in [0.25, 0.3) is 5.91 Å². The number of nitrogens with one attached hydrogen (secondary N) is 1. The number of rotatable bonds is 1. The first-order valence-electron chi connectivity index (χ1n) is 8.20. The Balaban J connectivity index is 1.83. The van der Waals surface area contributed by atoms with Crippen molar-refractivity contribution >= 4 is 11.8 Å². The summed E-state index contributed by atoms with van der Waals surface area (Å²) in [5.41, 5.74) is 3.18. The van der Waals surface area contributed by atoms with Crippen LogP contribution in [0.4, 0.5) is 0 Å². The summed E-state index contributed by atoms with van der Waals surface area (Å²) < 4.78 is 0. The summed E-state index contributed by atoms with van der Waals surface area (Å²) in [7, 11) is 0. The van der Waals surface area contributed by atoms with Crippen molar-refractivity contribution in [1.29, 1.82) is 0 Å². The van der Waals surface area contributed by atoms with Gasteiger partial charge in [0.05, 0.1) is 0 Å². The van der Waals surface area contributed by atoms with E-state index in [-0.39, 0.29) is 17.2 Å². The highest BCUT2D eigenvalue weighted by Gasteiger charge is 2.37. The molecule has 1 atom stereocenters. The van der Waals surface area contributed by atoms with E-state index in [9.17, 15) is 9.59 Å². The predicted molar refractivity (Wildman–Crippen MR) is 93.0 cm³/mol. The molecule has 1 fully saturated rings. The van der Waals surface area contributed by atoms with Crippen LogP contribution in [0.1, 0.15) is 55.1 Å². The molecule has 1 saturated heterocycles. The van der Waals surface area contributed by atoms with Gasteiger partial charge in [0.15, 0.2) is 0 Å². The van der Waals surface area contributed by atoms with Crippen LogP contribution in [0.15, 0.2) is 30.5 Å². The van der Waals surface area contributed by atoms with Gasteiger partial charge < -0.3 is 10.2 Å². The number of carbonyl (C=O) groups excluding carboxylic acids is 2. The molecule has 0 bridgehead atoms. The van der Waals surface area contributed by atoms with E-state index in [0.717, 1.165) is 16.8 Å². The number of hydrogen-bond donors (Lipinski definition) is 1. The summed E-state index contributed by atoms with van der Waals surface area (Å²) in [6.07, 6.45) is 1.33. The summed E-state index contributed by atoms with van der Waals surface area (Å²) in [5, 5.41) is 2.75. The Morgan fingerprint density at radius 3 is 2.71 bits per heavy atom. The van der Waals surface area contributed by atoms with Crippen LogP contribution >= 0.6 is 0 Å². The van der Waals surface area contributed by atoms with Gasteiger partial charge in [0.2, 0.25) is 5.91 Å². The maximum Gasteiger partial charge on any atom is 0.255 e. The molecule has 2 aliphatic rings. The minimum absolute atomic E-state index is 0.0660. The van der Waals surface area contributed by atoms with Crippen molar-refractivity contribution in [2.24, 2.45) is 5.41 Å². The van der Waals surface area contributed by atoms with Crippen molar-refractivity contribution < 1.29 is 9.59 Å². The third-order valence-corrected chi connectivity index (χ3v) is 4.22. The molecule has 124 valence electrons. The van der Waals surface area contributed by atoms with Crippen LogP contribution in [0.3, 0.4) is 0 Å². The minimum Gasteiger partial charge on any atom is -0.329 e. The third-order valence-electron chi connectivity index (χ3n) is 4.22. The highest BCUT2D eigenvalue weighted by Crippen LogP contribution is 2.29. The molecule has 2 aliphatic heterocycles. The summed E-state index contributed by atoms with van der Waals surface area (Å²) >= 11 is 0. The first kappa shape index (κ1) is 16.3. The lowest BCUT2D eigenvalue weighted by molar-refractivity contribution is -0.126. The van der Waals surface area contributed by atoms with Crippen LogP contribution in [-0.2, 0) is 11.3 Å². The first-order valence-corrected chi connectivity index (χ1v) is 8.20. The Morgan fingerprint density at radius 2 is 2.04 bits per heavy atom. The average molecular weight is 322 g/mol. The number of carbonyl (C=O) groups is 2. The third kappa shape index (κ3) is 3.21.